The number of carbonyl (C=O) groups is 1. The quantitative estimate of drug-likeness (QED) is 0.770. The highest BCUT2D eigenvalue weighted by Gasteiger charge is 2.15. The zero-order chi connectivity index (χ0) is 13.7. The fraction of sp³-hybridized carbons (Fsp3) is 0.235. The molecule has 0 saturated carbocycles. The van der Waals surface area contributed by atoms with Gasteiger partial charge in [-0.2, -0.15) is 0 Å². The molecule has 1 atom stereocenters. The Kier molecular flexibility index (Phi) is 4.35. The molecule has 19 heavy (non-hydrogen) atoms. The molecule has 0 fully saturated rings. The van der Waals surface area contributed by atoms with Crippen molar-refractivity contribution in [1.29, 1.82) is 0 Å². The lowest BCUT2D eigenvalue weighted by atomic mass is 9.98. The highest BCUT2D eigenvalue weighted by atomic mass is 16.5. The smallest absolute Gasteiger partial charge is 0.313 e. The van der Waals surface area contributed by atoms with Crippen LogP contribution in [0.5, 0.6) is 0 Å². The normalized spacial score (nSPS) is 11.9. The van der Waals surface area contributed by atoms with Gasteiger partial charge >= 0.3 is 5.97 Å². The summed E-state index contributed by atoms with van der Waals surface area (Å²) >= 11 is 0. The van der Waals surface area contributed by atoms with Crippen molar-refractivity contribution in [3.8, 4) is 11.1 Å². The molecule has 2 nitrogen and oxygen atoms in total. The van der Waals surface area contributed by atoms with Gasteiger partial charge in [-0.3, -0.25) is 4.79 Å². The van der Waals surface area contributed by atoms with Gasteiger partial charge in [0.25, 0.3) is 0 Å². The molecule has 0 radical (unpaired) electrons. The lowest BCUT2D eigenvalue weighted by Gasteiger charge is -2.11. The number of ether oxygens (including phenoxy) is 1. The van der Waals surface area contributed by atoms with Crippen molar-refractivity contribution >= 4 is 5.97 Å². The number of rotatable bonds is 4. The van der Waals surface area contributed by atoms with Gasteiger partial charge in [-0.15, -0.1) is 0 Å². The first-order valence-electron chi connectivity index (χ1n) is 6.54. The maximum Gasteiger partial charge on any atom is 0.313 e. The first-order chi connectivity index (χ1) is 9.22. The Morgan fingerprint density at radius 2 is 1.58 bits per heavy atom. The fourth-order valence-electron chi connectivity index (χ4n) is 2.00. The Labute approximate surface area is 114 Å². The number of hydrogen-bond donors (Lipinski definition) is 0. The van der Waals surface area contributed by atoms with Crippen molar-refractivity contribution in [2.75, 3.05) is 6.61 Å². The van der Waals surface area contributed by atoms with E-state index in [4.69, 9.17) is 4.74 Å². The monoisotopic (exact) mass is 254 g/mol. The van der Waals surface area contributed by atoms with Crippen LogP contribution in [-0.2, 0) is 9.53 Å². The van der Waals surface area contributed by atoms with Gasteiger partial charge in [0.05, 0.1) is 12.5 Å². The van der Waals surface area contributed by atoms with Crippen molar-refractivity contribution in [2.24, 2.45) is 0 Å². The second-order valence-corrected chi connectivity index (χ2v) is 4.46. The third-order valence-electron chi connectivity index (χ3n) is 3.16. The second kappa shape index (κ2) is 6.19. The second-order valence-electron chi connectivity index (χ2n) is 4.46. The van der Waals surface area contributed by atoms with Gasteiger partial charge in [-0.1, -0.05) is 54.6 Å². The predicted molar refractivity (Wildman–Crippen MR) is 76.9 cm³/mol. The Morgan fingerprint density at radius 3 is 2.16 bits per heavy atom. The molecule has 0 spiro atoms. The van der Waals surface area contributed by atoms with Gasteiger partial charge in [0.1, 0.15) is 0 Å². The molecule has 0 amide bonds. The Bertz CT molecular complexity index is 529. The molecule has 0 aliphatic rings. The Morgan fingerprint density at radius 1 is 1.00 bits per heavy atom. The van der Waals surface area contributed by atoms with Crippen molar-refractivity contribution < 1.29 is 9.53 Å². The van der Waals surface area contributed by atoms with Crippen LogP contribution in [0, 0.1) is 0 Å². The van der Waals surface area contributed by atoms with Gasteiger partial charge in [0.15, 0.2) is 0 Å². The summed E-state index contributed by atoms with van der Waals surface area (Å²) in [5.41, 5.74) is 3.32. The fourth-order valence-corrected chi connectivity index (χ4v) is 2.00. The number of esters is 1. The molecule has 2 aromatic carbocycles. The predicted octanol–water partition coefficient (Wildman–Crippen LogP) is 4.02. The summed E-state index contributed by atoms with van der Waals surface area (Å²) in [6.07, 6.45) is 0. The summed E-state index contributed by atoms with van der Waals surface area (Å²) in [6, 6.07) is 18.2. The third kappa shape index (κ3) is 3.22. The van der Waals surface area contributed by atoms with Gasteiger partial charge in [-0.25, -0.2) is 0 Å². The van der Waals surface area contributed by atoms with Crippen LogP contribution in [-0.4, -0.2) is 12.6 Å². The molecule has 0 aliphatic heterocycles. The van der Waals surface area contributed by atoms with E-state index in [1.165, 1.54) is 5.56 Å². The van der Waals surface area contributed by atoms with E-state index in [0.717, 1.165) is 11.1 Å². The van der Waals surface area contributed by atoms with E-state index in [1.807, 2.05) is 56.3 Å². The summed E-state index contributed by atoms with van der Waals surface area (Å²) in [5, 5.41) is 0. The molecule has 98 valence electrons. The molecule has 2 rings (SSSR count). The average Bonchev–Trinajstić information content (AvgIpc) is 2.48. The average molecular weight is 254 g/mol. The van der Waals surface area contributed by atoms with E-state index >= 15 is 0 Å². The molecule has 2 aromatic rings. The third-order valence-corrected chi connectivity index (χ3v) is 3.16. The molecular weight excluding hydrogens is 236 g/mol. The summed E-state index contributed by atoms with van der Waals surface area (Å²) in [4.78, 5) is 11.7. The van der Waals surface area contributed by atoms with Crippen LogP contribution in [0.15, 0.2) is 54.6 Å². The SMILES string of the molecule is CCOC(=O)C(C)c1ccc(-c2ccccc2)cc1. The van der Waals surface area contributed by atoms with Crippen molar-refractivity contribution in [2.45, 2.75) is 19.8 Å². The van der Waals surface area contributed by atoms with E-state index in [9.17, 15) is 4.79 Å². The van der Waals surface area contributed by atoms with Crippen LogP contribution >= 0.6 is 0 Å². The summed E-state index contributed by atoms with van der Waals surface area (Å²) in [7, 11) is 0. The number of carbonyl (C=O) groups excluding carboxylic acids is 1. The number of benzene rings is 2. The van der Waals surface area contributed by atoms with Crippen LogP contribution in [0.25, 0.3) is 11.1 Å². The van der Waals surface area contributed by atoms with Gasteiger partial charge < -0.3 is 4.74 Å². The molecule has 0 N–H and O–H groups in total. The van der Waals surface area contributed by atoms with Gasteiger partial charge in [-0.05, 0) is 30.5 Å². The van der Waals surface area contributed by atoms with E-state index in [0.29, 0.717) is 6.61 Å². The molecule has 2 heteroatoms. The van der Waals surface area contributed by atoms with Crippen molar-refractivity contribution in [1.82, 2.24) is 0 Å². The first kappa shape index (κ1) is 13.3. The molecule has 0 aromatic heterocycles. The zero-order valence-corrected chi connectivity index (χ0v) is 11.3. The van der Waals surface area contributed by atoms with Crippen LogP contribution in [0.3, 0.4) is 0 Å². The minimum absolute atomic E-state index is 0.171. The zero-order valence-electron chi connectivity index (χ0n) is 11.3. The van der Waals surface area contributed by atoms with Crippen LogP contribution in [0.2, 0.25) is 0 Å². The summed E-state index contributed by atoms with van der Waals surface area (Å²) < 4.78 is 5.03. The van der Waals surface area contributed by atoms with Crippen molar-refractivity contribution in [3.63, 3.8) is 0 Å². The standard InChI is InChI=1S/C17H18O2/c1-3-19-17(18)13(2)14-9-11-16(12-10-14)15-7-5-4-6-8-15/h4-13H,3H2,1-2H3. The molecule has 0 bridgehead atoms. The van der Waals surface area contributed by atoms with E-state index < -0.39 is 0 Å². The lowest BCUT2D eigenvalue weighted by Crippen LogP contribution is -2.12. The largest absolute Gasteiger partial charge is 0.466 e. The Hall–Kier alpha value is -2.09. The lowest BCUT2D eigenvalue weighted by molar-refractivity contribution is -0.144. The minimum Gasteiger partial charge on any atom is -0.466 e. The first-order valence-corrected chi connectivity index (χ1v) is 6.54. The maximum atomic E-state index is 11.7. The van der Waals surface area contributed by atoms with E-state index in [2.05, 4.69) is 12.1 Å². The van der Waals surface area contributed by atoms with Crippen molar-refractivity contribution in [3.05, 3.63) is 60.2 Å². The topological polar surface area (TPSA) is 26.3 Å². The molecule has 1 unspecified atom stereocenters. The van der Waals surface area contributed by atoms with E-state index in [1.54, 1.807) is 0 Å². The molecule has 0 saturated heterocycles. The number of hydrogen-bond acceptors (Lipinski definition) is 2. The molecular formula is C17H18O2. The highest BCUT2D eigenvalue weighted by Crippen LogP contribution is 2.23. The minimum atomic E-state index is -0.218. The van der Waals surface area contributed by atoms with Crippen LogP contribution < -0.4 is 0 Å². The highest BCUT2D eigenvalue weighted by molar-refractivity contribution is 5.78. The van der Waals surface area contributed by atoms with Crippen LogP contribution in [0.4, 0.5) is 0 Å². The molecule has 0 aliphatic carbocycles. The summed E-state index contributed by atoms with van der Waals surface area (Å²) in [6.45, 7) is 4.11. The maximum absolute atomic E-state index is 11.7. The van der Waals surface area contributed by atoms with Crippen LogP contribution in [0.1, 0.15) is 25.3 Å². The summed E-state index contributed by atoms with van der Waals surface area (Å²) in [5.74, 6) is -0.389. The Balaban J connectivity index is 2.17. The van der Waals surface area contributed by atoms with E-state index in [-0.39, 0.29) is 11.9 Å². The van der Waals surface area contributed by atoms with Gasteiger partial charge in [0, 0.05) is 0 Å². The van der Waals surface area contributed by atoms with Gasteiger partial charge in [0.2, 0.25) is 0 Å². The molecule has 0 heterocycles.